The Morgan fingerprint density at radius 1 is 0.952 bits per heavy atom. The van der Waals surface area contributed by atoms with Gasteiger partial charge in [-0.25, -0.2) is 13.2 Å². The average molecular weight is 296 g/mol. The zero-order valence-corrected chi connectivity index (χ0v) is 11.7. The van der Waals surface area contributed by atoms with Crippen molar-refractivity contribution in [1.29, 1.82) is 0 Å². The summed E-state index contributed by atoms with van der Waals surface area (Å²) in [4.78, 5) is 0. The van der Waals surface area contributed by atoms with Crippen molar-refractivity contribution < 1.29 is 23.0 Å². The maximum absolute atomic E-state index is 13.8. The van der Waals surface area contributed by atoms with Crippen molar-refractivity contribution in [3.63, 3.8) is 0 Å². The van der Waals surface area contributed by atoms with Crippen molar-refractivity contribution in [3.05, 3.63) is 53.3 Å². The molecule has 0 aliphatic heterocycles. The molecule has 2 aromatic rings. The van der Waals surface area contributed by atoms with Gasteiger partial charge < -0.3 is 9.84 Å². The summed E-state index contributed by atoms with van der Waals surface area (Å²) >= 11 is 0. The first-order valence-corrected chi connectivity index (χ1v) is 6.47. The fourth-order valence-electron chi connectivity index (χ4n) is 2.04. The second-order valence-electron chi connectivity index (χ2n) is 4.89. The lowest BCUT2D eigenvalue weighted by Gasteiger charge is -2.14. The summed E-state index contributed by atoms with van der Waals surface area (Å²) < 4.78 is 45.6. The van der Waals surface area contributed by atoms with Crippen molar-refractivity contribution in [2.45, 2.75) is 26.6 Å². The minimum absolute atomic E-state index is 0.0533. The quantitative estimate of drug-likeness (QED) is 0.862. The van der Waals surface area contributed by atoms with Crippen LogP contribution in [-0.4, -0.2) is 11.2 Å². The molecule has 0 bridgehead atoms. The Morgan fingerprint density at radius 2 is 1.62 bits per heavy atom. The highest BCUT2D eigenvalue weighted by Crippen LogP contribution is 2.31. The molecule has 0 aliphatic carbocycles. The zero-order valence-electron chi connectivity index (χ0n) is 11.7. The van der Waals surface area contributed by atoms with Crippen molar-refractivity contribution >= 4 is 0 Å². The molecule has 0 radical (unpaired) electrons. The minimum Gasteiger partial charge on any atom is -0.491 e. The number of aliphatic hydroxyl groups excluding tert-OH is 1. The molecule has 0 unspecified atom stereocenters. The van der Waals surface area contributed by atoms with Crippen LogP contribution in [0.3, 0.4) is 0 Å². The molecule has 2 rings (SSSR count). The van der Waals surface area contributed by atoms with Gasteiger partial charge in [0.2, 0.25) is 0 Å². The van der Waals surface area contributed by atoms with Crippen LogP contribution in [0.15, 0.2) is 30.3 Å². The van der Waals surface area contributed by atoms with Gasteiger partial charge in [0.25, 0.3) is 0 Å². The SMILES string of the molecule is CC(C)Oc1ccc(-c2cc(F)c(F)cc2F)c(CO)c1. The Balaban J connectivity index is 2.51. The molecule has 2 aromatic carbocycles. The highest BCUT2D eigenvalue weighted by Gasteiger charge is 2.15. The monoisotopic (exact) mass is 296 g/mol. The van der Waals surface area contributed by atoms with Crippen molar-refractivity contribution in [2.75, 3.05) is 0 Å². The Morgan fingerprint density at radius 3 is 2.24 bits per heavy atom. The average Bonchev–Trinajstić information content (AvgIpc) is 2.42. The maximum Gasteiger partial charge on any atom is 0.161 e. The van der Waals surface area contributed by atoms with Gasteiger partial charge in [-0.15, -0.1) is 0 Å². The van der Waals surface area contributed by atoms with Gasteiger partial charge in [0.05, 0.1) is 12.7 Å². The molecule has 0 aromatic heterocycles. The van der Waals surface area contributed by atoms with Crippen molar-refractivity contribution in [1.82, 2.24) is 0 Å². The molecule has 21 heavy (non-hydrogen) atoms. The lowest BCUT2D eigenvalue weighted by atomic mass is 9.99. The maximum atomic E-state index is 13.8. The van der Waals surface area contributed by atoms with Crippen LogP contribution < -0.4 is 4.74 Å². The van der Waals surface area contributed by atoms with E-state index in [9.17, 15) is 18.3 Å². The minimum atomic E-state index is -1.25. The molecule has 0 aliphatic rings. The van der Waals surface area contributed by atoms with E-state index in [0.29, 0.717) is 22.9 Å². The van der Waals surface area contributed by atoms with Crippen LogP contribution in [0, 0.1) is 17.5 Å². The van der Waals surface area contributed by atoms with E-state index >= 15 is 0 Å². The molecule has 0 atom stereocenters. The second kappa shape index (κ2) is 6.18. The van der Waals surface area contributed by atoms with Crippen molar-refractivity contribution in [3.8, 4) is 16.9 Å². The van der Waals surface area contributed by atoms with Gasteiger partial charge in [0.15, 0.2) is 11.6 Å². The molecular weight excluding hydrogens is 281 g/mol. The van der Waals surface area contributed by atoms with Gasteiger partial charge in [-0.2, -0.15) is 0 Å². The Hall–Kier alpha value is -2.01. The first kappa shape index (κ1) is 15.4. The normalized spacial score (nSPS) is 11.0. The fraction of sp³-hybridized carbons (Fsp3) is 0.250. The van der Waals surface area contributed by atoms with Crippen LogP contribution in [0.4, 0.5) is 13.2 Å². The van der Waals surface area contributed by atoms with Gasteiger partial charge in [0.1, 0.15) is 11.6 Å². The van der Waals surface area contributed by atoms with E-state index in [1.807, 2.05) is 13.8 Å². The molecule has 0 amide bonds. The summed E-state index contributed by atoms with van der Waals surface area (Å²) in [7, 11) is 0. The summed E-state index contributed by atoms with van der Waals surface area (Å²) in [5, 5.41) is 9.41. The summed E-state index contributed by atoms with van der Waals surface area (Å²) in [5.74, 6) is -2.76. The van der Waals surface area contributed by atoms with E-state index in [0.717, 1.165) is 6.07 Å². The molecular formula is C16H15F3O2. The zero-order chi connectivity index (χ0) is 15.6. The Kier molecular flexibility index (Phi) is 4.53. The van der Waals surface area contributed by atoms with Gasteiger partial charge in [-0.1, -0.05) is 6.07 Å². The van der Waals surface area contributed by atoms with E-state index in [4.69, 9.17) is 4.74 Å². The van der Waals surface area contributed by atoms with E-state index in [2.05, 4.69) is 0 Å². The van der Waals surface area contributed by atoms with Gasteiger partial charge in [-0.3, -0.25) is 0 Å². The molecule has 0 saturated carbocycles. The highest BCUT2D eigenvalue weighted by molar-refractivity contribution is 5.69. The number of halogens is 3. The van der Waals surface area contributed by atoms with Crippen LogP contribution in [0.2, 0.25) is 0 Å². The number of ether oxygens (including phenoxy) is 1. The van der Waals surface area contributed by atoms with E-state index < -0.39 is 17.5 Å². The summed E-state index contributed by atoms with van der Waals surface area (Å²) in [5.41, 5.74) is 0.567. The third kappa shape index (κ3) is 3.36. The molecule has 5 heteroatoms. The summed E-state index contributed by atoms with van der Waals surface area (Å²) in [6.45, 7) is 3.33. The standard InChI is InChI=1S/C16H15F3O2/c1-9(2)21-11-3-4-12(10(5-11)8-20)13-6-15(18)16(19)7-14(13)17/h3-7,9,20H,8H2,1-2H3. The predicted octanol–water partition coefficient (Wildman–Crippen LogP) is 4.05. The van der Waals surface area contributed by atoms with E-state index in [1.165, 1.54) is 6.07 Å². The fourth-order valence-corrected chi connectivity index (χ4v) is 2.04. The van der Waals surface area contributed by atoms with Gasteiger partial charge >= 0.3 is 0 Å². The predicted molar refractivity (Wildman–Crippen MR) is 73.4 cm³/mol. The Bertz CT molecular complexity index is 654. The third-order valence-electron chi connectivity index (χ3n) is 2.92. The topological polar surface area (TPSA) is 29.5 Å². The second-order valence-corrected chi connectivity index (χ2v) is 4.89. The van der Waals surface area contributed by atoms with Crippen LogP contribution in [0.25, 0.3) is 11.1 Å². The number of benzene rings is 2. The number of rotatable bonds is 4. The van der Waals surface area contributed by atoms with Crippen LogP contribution in [0.5, 0.6) is 5.75 Å². The van der Waals surface area contributed by atoms with E-state index in [1.54, 1.807) is 12.1 Å². The molecule has 1 N–H and O–H groups in total. The van der Waals surface area contributed by atoms with E-state index in [-0.39, 0.29) is 18.3 Å². The molecule has 0 fully saturated rings. The smallest absolute Gasteiger partial charge is 0.161 e. The molecule has 112 valence electrons. The number of aliphatic hydroxyl groups is 1. The van der Waals surface area contributed by atoms with Crippen LogP contribution in [0.1, 0.15) is 19.4 Å². The summed E-state index contributed by atoms with van der Waals surface area (Å²) in [6.07, 6.45) is -0.0533. The Labute approximate surface area is 120 Å². The van der Waals surface area contributed by atoms with Crippen LogP contribution >= 0.6 is 0 Å². The van der Waals surface area contributed by atoms with Gasteiger partial charge in [-0.05, 0) is 43.2 Å². The first-order chi connectivity index (χ1) is 9.92. The molecule has 0 saturated heterocycles. The largest absolute Gasteiger partial charge is 0.491 e. The third-order valence-corrected chi connectivity index (χ3v) is 2.92. The highest BCUT2D eigenvalue weighted by atomic mass is 19.2. The molecule has 0 heterocycles. The first-order valence-electron chi connectivity index (χ1n) is 6.47. The lowest BCUT2D eigenvalue weighted by Crippen LogP contribution is -2.06. The molecule has 0 spiro atoms. The molecule has 2 nitrogen and oxygen atoms in total. The van der Waals surface area contributed by atoms with Crippen LogP contribution in [-0.2, 0) is 6.61 Å². The van der Waals surface area contributed by atoms with Gasteiger partial charge in [0, 0.05) is 11.6 Å². The number of hydrogen-bond donors (Lipinski definition) is 1. The number of hydrogen-bond acceptors (Lipinski definition) is 2. The summed E-state index contributed by atoms with van der Waals surface area (Å²) in [6, 6.07) is 5.93. The lowest BCUT2D eigenvalue weighted by molar-refractivity contribution is 0.240. The van der Waals surface area contributed by atoms with Crippen molar-refractivity contribution in [2.24, 2.45) is 0 Å².